The Kier molecular flexibility index (Phi) is 7.06. The number of hydrogen-bond acceptors (Lipinski definition) is 7. The summed E-state index contributed by atoms with van der Waals surface area (Å²) in [5.41, 5.74) is 1.18. The largest absolute Gasteiger partial charge is 0.476 e. The van der Waals surface area contributed by atoms with E-state index >= 15 is 0 Å². The molecule has 3 aromatic rings. The van der Waals surface area contributed by atoms with Crippen molar-refractivity contribution in [3.05, 3.63) is 65.2 Å². The van der Waals surface area contributed by atoms with Crippen molar-refractivity contribution in [2.24, 2.45) is 0 Å². The van der Waals surface area contributed by atoms with Crippen molar-refractivity contribution in [1.29, 1.82) is 0 Å². The zero-order valence-corrected chi connectivity index (χ0v) is 17.8. The second-order valence-corrected chi connectivity index (χ2v) is 7.54. The van der Waals surface area contributed by atoms with E-state index in [1.54, 1.807) is 6.07 Å². The summed E-state index contributed by atoms with van der Waals surface area (Å²) in [6, 6.07) is 14.4. The van der Waals surface area contributed by atoms with E-state index in [2.05, 4.69) is 25.3 Å². The van der Waals surface area contributed by atoms with Crippen LogP contribution < -0.4 is 20.5 Å². The number of hydrogen-bond donors (Lipinski definition) is 1. The Bertz CT molecular complexity index is 1100. The highest BCUT2D eigenvalue weighted by atomic mass is 16.5. The topological polar surface area (TPSA) is 102 Å². The van der Waals surface area contributed by atoms with Gasteiger partial charge in [0, 0.05) is 30.8 Å². The molecule has 2 aromatic heterocycles. The van der Waals surface area contributed by atoms with Crippen LogP contribution in [0.3, 0.4) is 0 Å². The molecule has 9 nitrogen and oxygen atoms in total. The monoisotopic (exact) mass is 434 g/mol. The van der Waals surface area contributed by atoms with Crippen LogP contribution >= 0.6 is 0 Å². The summed E-state index contributed by atoms with van der Waals surface area (Å²) in [7, 11) is 0. The molecule has 1 saturated heterocycles. The van der Waals surface area contributed by atoms with Gasteiger partial charge in [-0.05, 0) is 25.3 Å². The molecule has 3 heterocycles. The number of piperidine rings is 1. The van der Waals surface area contributed by atoms with Crippen LogP contribution in [-0.4, -0.2) is 51.9 Å². The van der Waals surface area contributed by atoms with Crippen LogP contribution in [0.2, 0.25) is 0 Å². The molecule has 0 aliphatic carbocycles. The number of anilines is 1. The van der Waals surface area contributed by atoms with Gasteiger partial charge in [0.25, 0.3) is 5.56 Å². The number of nitrogens with one attached hydrogen (secondary N) is 1. The van der Waals surface area contributed by atoms with Crippen LogP contribution in [0.1, 0.15) is 19.3 Å². The molecule has 166 valence electrons. The van der Waals surface area contributed by atoms with Gasteiger partial charge in [0.05, 0.1) is 12.2 Å². The number of aromatic nitrogens is 4. The molecule has 1 aromatic carbocycles. The maximum absolute atomic E-state index is 12.3. The van der Waals surface area contributed by atoms with E-state index in [0.717, 1.165) is 29.2 Å². The Balaban J connectivity index is 1.27. The van der Waals surface area contributed by atoms with E-state index in [9.17, 15) is 9.59 Å². The van der Waals surface area contributed by atoms with Gasteiger partial charge < -0.3 is 15.0 Å². The van der Waals surface area contributed by atoms with E-state index < -0.39 is 0 Å². The molecule has 0 radical (unpaired) electrons. The highest BCUT2D eigenvalue weighted by Crippen LogP contribution is 2.20. The molecule has 0 bridgehead atoms. The summed E-state index contributed by atoms with van der Waals surface area (Å²) in [4.78, 5) is 35.1. The summed E-state index contributed by atoms with van der Waals surface area (Å²) >= 11 is 0. The van der Waals surface area contributed by atoms with Crippen molar-refractivity contribution in [2.45, 2.75) is 25.8 Å². The van der Waals surface area contributed by atoms with E-state index in [4.69, 9.17) is 4.74 Å². The van der Waals surface area contributed by atoms with Gasteiger partial charge in [-0.15, -0.1) is 0 Å². The average molecular weight is 435 g/mol. The summed E-state index contributed by atoms with van der Waals surface area (Å²) in [6.07, 6.45) is 5.08. The van der Waals surface area contributed by atoms with Crippen LogP contribution in [0.25, 0.3) is 11.3 Å². The van der Waals surface area contributed by atoms with Crippen molar-refractivity contribution in [1.82, 2.24) is 25.1 Å². The van der Waals surface area contributed by atoms with Gasteiger partial charge in [-0.2, -0.15) is 5.10 Å². The number of amides is 1. The third-order valence-electron chi connectivity index (χ3n) is 5.21. The zero-order chi connectivity index (χ0) is 22.2. The number of carbonyl (C=O) groups is 1. The maximum atomic E-state index is 12.3. The molecule has 0 spiro atoms. The predicted molar refractivity (Wildman–Crippen MR) is 121 cm³/mol. The molecule has 1 N–H and O–H groups in total. The number of nitrogens with zero attached hydrogens (tertiary/aromatic N) is 5. The fourth-order valence-corrected chi connectivity index (χ4v) is 3.57. The Hall–Kier alpha value is -3.75. The lowest BCUT2D eigenvalue weighted by molar-refractivity contribution is -0.122. The lowest BCUT2D eigenvalue weighted by Crippen LogP contribution is -2.35. The number of rotatable bonds is 8. The summed E-state index contributed by atoms with van der Waals surface area (Å²) in [5, 5.41) is 7.05. The molecule has 1 aliphatic heterocycles. The van der Waals surface area contributed by atoms with E-state index in [1.807, 2.05) is 36.4 Å². The number of ether oxygens (including phenoxy) is 1. The van der Waals surface area contributed by atoms with Crippen LogP contribution in [0.4, 0.5) is 5.82 Å². The third kappa shape index (κ3) is 5.69. The normalized spacial score (nSPS) is 13.6. The first-order valence-electron chi connectivity index (χ1n) is 10.8. The quantitative estimate of drug-likeness (QED) is 0.540. The van der Waals surface area contributed by atoms with E-state index in [0.29, 0.717) is 11.6 Å². The third-order valence-corrected chi connectivity index (χ3v) is 5.21. The Morgan fingerprint density at radius 3 is 2.66 bits per heavy atom. The minimum atomic E-state index is -0.331. The van der Waals surface area contributed by atoms with Crippen LogP contribution in [0.15, 0.2) is 59.7 Å². The molecule has 0 atom stereocenters. The van der Waals surface area contributed by atoms with Crippen LogP contribution in [-0.2, 0) is 11.3 Å². The Labute approximate surface area is 186 Å². The molecule has 1 fully saturated rings. The Morgan fingerprint density at radius 2 is 1.84 bits per heavy atom. The van der Waals surface area contributed by atoms with Crippen molar-refractivity contribution in [3.8, 4) is 17.1 Å². The fourth-order valence-electron chi connectivity index (χ4n) is 3.57. The molecule has 4 rings (SSSR count). The van der Waals surface area contributed by atoms with Crippen molar-refractivity contribution >= 4 is 11.7 Å². The first-order chi connectivity index (χ1) is 15.7. The lowest BCUT2D eigenvalue weighted by Gasteiger charge is -2.27. The summed E-state index contributed by atoms with van der Waals surface area (Å²) < 4.78 is 6.82. The highest BCUT2D eigenvalue weighted by molar-refractivity contribution is 5.75. The van der Waals surface area contributed by atoms with Crippen molar-refractivity contribution in [2.75, 3.05) is 31.1 Å². The van der Waals surface area contributed by atoms with Gasteiger partial charge in [-0.25, -0.2) is 14.6 Å². The second kappa shape index (κ2) is 10.5. The lowest BCUT2D eigenvalue weighted by atomic mass is 10.1. The van der Waals surface area contributed by atoms with Crippen LogP contribution in [0, 0.1) is 0 Å². The smallest absolute Gasteiger partial charge is 0.267 e. The standard InChI is InChI=1S/C23H26N6O3/c30-21(16-29-23(31)10-9-19(27-29)18-7-3-1-4-8-18)24-11-14-32-22-15-20(25-17-26-22)28-12-5-2-6-13-28/h1,3-4,7-10,15,17H,2,5-6,11-14,16H2,(H,24,30). The molecular formula is C23H26N6O3. The number of carbonyl (C=O) groups excluding carboxylic acids is 1. The maximum Gasteiger partial charge on any atom is 0.267 e. The first kappa shape index (κ1) is 21.5. The number of benzene rings is 1. The van der Waals surface area contributed by atoms with Crippen molar-refractivity contribution in [3.63, 3.8) is 0 Å². The molecule has 0 unspecified atom stereocenters. The molecule has 1 aliphatic rings. The molecule has 0 saturated carbocycles. The van der Waals surface area contributed by atoms with Gasteiger partial charge in [0.1, 0.15) is 25.3 Å². The van der Waals surface area contributed by atoms with Gasteiger partial charge in [-0.3, -0.25) is 9.59 Å². The zero-order valence-electron chi connectivity index (χ0n) is 17.8. The van der Waals surface area contributed by atoms with Gasteiger partial charge >= 0.3 is 0 Å². The molecule has 9 heteroatoms. The Morgan fingerprint density at radius 1 is 1.03 bits per heavy atom. The van der Waals surface area contributed by atoms with Gasteiger partial charge in [0.15, 0.2) is 0 Å². The highest BCUT2D eigenvalue weighted by Gasteiger charge is 2.13. The minimum absolute atomic E-state index is 0.161. The van der Waals surface area contributed by atoms with E-state index in [1.165, 1.54) is 31.7 Å². The molecular weight excluding hydrogens is 408 g/mol. The van der Waals surface area contributed by atoms with E-state index in [-0.39, 0.29) is 31.2 Å². The predicted octanol–water partition coefficient (Wildman–Crippen LogP) is 1.89. The molecule has 1 amide bonds. The summed E-state index contributed by atoms with van der Waals surface area (Å²) in [6.45, 7) is 2.37. The first-order valence-corrected chi connectivity index (χ1v) is 10.8. The van der Waals surface area contributed by atoms with Crippen LogP contribution in [0.5, 0.6) is 5.88 Å². The minimum Gasteiger partial charge on any atom is -0.476 e. The second-order valence-electron chi connectivity index (χ2n) is 7.54. The van der Waals surface area contributed by atoms with Gasteiger partial charge in [0.2, 0.25) is 11.8 Å². The fraction of sp³-hybridized carbons (Fsp3) is 0.348. The SMILES string of the molecule is O=C(Cn1nc(-c2ccccc2)ccc1=O)NCCOc1cc(N2CCCCC2)ncn1. The average Bonchev–Trinajstić information content (AvgIpc) is 2.84. The van der Waals surface area contributed by atoms with Crippen molar-refractivity contribution < 1.29 is 9.53 Å². The summed E-state index contributed by atoms with van der Waals surface area (Å²) in [5.74, 6) is 1.02. The molecule has 32 heavy (non-hydrogen) atoms. The van der Waals surface area contributed by atoms with Gasteiger partial charge in [-0.1, -0.05) is 30.3 Å².